The fraction of sp³-hybridized carbons (Fsp3) is 0.412. The van der Waals surface area contributed by atoms with Crippen LogP contribution < -0.4 is 0 Å². The zero-order valence-corrected chi connectivity index (χ0v) is 13.2. The van der Waals surface area contributed by atoms with Crippen LogP contribution in [-0.2, 0) is 9.59 Å². The number of rotatable bonds is 5. The predicted octanol–water partition coefficient (Wildman–Crippen LogP) is 0.0177. The van der Waals surface area contributed by atoms with Gasteiger partial charge in [-0.15, -0.1) is 0 Å². The largest absolute Gasteiger partial charge is 0.504 e. The molecule has 0 bridgehead atoms. The van der Waals surface area contributed by atoms with Crippen LogP contribution >= 0.6 is 0 Å². The standard InChI is InChI=1S/C17H20O8/c18-10(3-1-9-2-4-11(19)12(20)5-9)6-17(16(24)25)7-13(21)15(23)14(22)8-17/h1-5,13-15,19-23H,6-8H2,(H,24,25). The molecular weight excluding hydrogens is 332 g/mol. The van der Waals surface area contributed by atoms with Crippen LogP contribution in [-0.4, -0.2) is 60.7 Å². The molecule has 1 saturated carbocycles. The van der Waals surface area contributed by atoms with E-state index in [1.807, 2.05) is 0 Å². The van der Waals surface area contributed by atoms with Crippen LogP contribution in [0, 0.1) is 5.41 Å². The van der Waals surface area contributed by atoms with E-state index in [1.54, 1.807) is 0 Å². The second-order valence-corrected chi connectivity index (χ2v) is 6.34. The summed E-state index contributed by atoms with van der Waals surface area (Å²) in [5.41, 5.74) is -1.25. The van der Waals surface area contributed by atoms with E-state index < -0.39 is 41.9 Å². The van der Waals surface area contributed by atoms with Crippen molar-refractivity contribution in [1.29, 1.82) is 0 Å². The Kier molecular flexibility index (Phi) is 5.46. The highest BCUT2D eigenvalue weighted by Crippen LogP contribution is 2.40. The van der Waals surface area contributed by atoms with E-state index in [9.17, 15) is 40.2 Å². The number of hydrogen-bond donors (Lipinski definition) is 6. The zero-order valence-electron chi connectivity index (χ0n) is 13.2. The number of aliphatic carboxylic acids is 1. The van der Waals surface area contributed by atoms with Crippen molar-refractivity contribution in [2.45, 2.75) is 37.6 Å². The Morgan fingerprint density at radius 2 is 1.68 bits per heavy atom. The summed E-state index contributed by atoms with van der Waals surface area (Å²) in [6.07, 6.45) is -3.00. The zero-order chi connectivity index (χ0) is 18.8. The Morgan fingerprint density at radius 1 is 1.08 bits per heavy atom. The summed E-state index contributed by atoms with van der Waals surface area (Å²) in [5.74, 6) is -2.55. The van der Waals surface area contributed by atoms with Crippen LogP contribution in [0.15, 0.2) is 24.3 Å². The number of carbonyl (C=O) groups excluding carboxylic acids is 1. The van der Waals surface area contributed by atoms with Gasteiger partial charge in [0.15, 0.2) is 17.3 Å². The molecule has 6 N–H and O–H groups in total. The average molecular weight is 352 g/mol. The minimum absolute atomic E-state index is 0.308. The van der Waals surface area contributed by atoms with Gasteiger partial charge in [0.05, 0.1) is 17.6 Å². The Morgan fingerprint density at radius 3 is 2.20 bits per heavy atom. The van der Waals surface area contributed by atoms with E-state index in [0.29, 0.717) is 5.56 Å². The number of phenolic OH excluding ortho intramolecular Hbond substituents is 2. The van der Waals surface area contributed by atoms with E-state index in [-0.39, 0.29) is 24.3 Å². The first-order valence-corrected chi connectivity index (χ1v) is 7.65. The SMILES string of the molecule is O=C(C=Cc1ccc(O)c(O)c1)CC1(C(=O)O)CC(O)C(O)C(O)C1. The Bertz CT molecular complexity index is 684. The number of carboxylic acids is 1. The summed E-state index contributed by atoms with van der Waals surface area (Å²) in [4.78, 5) is 23.8. The predicted molar refractivity (Wildman–Crippen MR) is 85.8 cm³/mol. The summed E-state index contributed by atoms with van der Waals surface area (Å²) in [5, 5.41) is 57.2. The van der Waals surface area contributed by atoms with Crippen LogP contribution in [0.5, 0.6) is 11.5 Å². The Hall–Kier alpha value is -2.42. The number of allylic oxidation sites excluding steroid dienone is 1. The second kappa shape index (κ2) is 7.22. The van der Waals surface area contributed by atoms with Gasteiger partial charge in [-0.25, -0.2) is 0 Å². The summed E-state index contributed by atoms with van der Waals surface area (Å²) in [6.45, 7) is 0. The summed E-state index contributed by atoms with van der Waals surface area (Å²) in [6, 6.07) is 3.93. The Balaban J connectivity index is 2.14. The van der Waals surface area contributed by atoms with E-state index in [1.165, 1.54) is 24.3 Å². The van der Waals surface area contributed by atoms with Crippen LogP contribution in [0.25, 0.3) is 6.08 Å². The van der Waals surface area contributed by atoms with Crippen molar-refractivity contribution in [2.75, 3.05) is 0 Å². The van der Waals surface area contributed by atoms with Gasteiger partial charge in [-0.3, -0.25) is 9.59 Å². The minimum Gasteiger partial charge on any atom is -0.504 e. The van der Waals surface area contributed by atoms with Crippen molar-refractivity contribution in [3.05, 3.63) is 29.8 Å². The molecule has 0 aromatic heterocycles. The smallest absolute Gasteiger partial charge is 0.310 e. The molecule has 1 aliphatic rings. The van der Waals surface area contributed by atoms with Crippen molar-refractivity contribution < 1.29 is 40.2 Å². The lowest BCUT2D eigenvalue weighted by Gasteiger charge is -2.40. The van der Waals surface area contributed by atoms with Crippen LogP contribution in [0.2, 0.25) is 0 Å². The maximum Gasteiger partial charge on any atom is 0.310 e. The third kappa shape index (κ3) is 4.16. The summed E-state index contributed by atoms with van der Waals surface area (Å²) in [7, 11) is 0. The van der Waals surface area contributed by atoms with E-state index in [2.05, 4.69) is 0 Å². The number of aliphatic hydroxyl groups is 3. The number of hydrogen-bond acceptors (Lipinski definition) is 7. The average Bonchev–Trinajstić information content (AvgIpc) is 2.53. The van der Waals surface area contributed by atoms with Gasteiger partial charge in [0.2, 0.25) is 0 Å². The molecule has 0 aliphatic heterocycles. The number of ketones is 1. The highest BCUT2D eigenvalue weighted by molar-refractivity contribution is 5.96. The molecule has 1 fully saturated rings. The van der Waals surface area contributed by atoms with Crippen molar-refractivity contribution in [3.63, 3.8) is 0 Å². The number of carboxylic acid groups (broad SMARTS) is 1. The third-order valence-electron chi connectivity index (χ3n) is 4.42. The molecule has 8 heteroatoms. The molecule has 0 radical (unpaired) electrons. The Labute approximate surface area is 143 Å². The maximum absolute atomic E-state index is 12.2. The van der Waals surface area contributed by atoms with E-state index >= 15 is 0 Å². The number of aliphatic hydroxyl groups excluding tert-OH is 3. The van der Waals surface area contributed by atoms with Crippen LogP contribution in [0.1, 0.15) is 24.8 Å². The van der Waals surface area contributed by atoms with Gasteiger partial charge in [0.1, 0.15) is 6.10 Å². The first kappa shape index (κ1) is 18.9. The first-order chi connectivity index (χ1) is 11.6. The molecule has 136 valence electrons. The normalized spacial score (nSPS) is 29.6. The van der Waals surface area contributed by atoms with Gasteiger partial charge in [0.25, 0.3) is 0 Å². The molecule has 2 atom stereocenters. The molecule has 8 nitrogen and oxygen atoms in total. The lowest BCUT2D eigenvalue weighted by molar-refractivity contribution is -0.171. The lowest BCUT2D eigenvalue weighted by atomic mass is 9.68. The molecule has 0 heterocycles. The first-order valence-electron chi connectivity index (χ1n) is 7.65. The van der Waals surface area contributed by atoms with Crippen LogP contribution in [0.4, 0.5) is 0 Å². The van der Waals surface area contributed by atoms with Gasteiger partial charge in [-0.05, 0) is 36.6 Å². The number of phenols is 2. The van der Waals surface area contributed by atoms with Crippen LogP contribution in [0.3, 0.4) is 0 Å². The topological polar surface area (TPSA) is 156 Å². The molecule has 1 aromatic carbocycles. The minimum atomic E-state index is -1.67. The van der Waals surface area contributed by atoms with Gasteiger partial charge >= 0.3 is 5.97 Å². The quantitative estimate of drug-likeness (QED) is 0.320. The maximum atomic E-state index is 12.2. The lowest BCUT2D eigenvalue weighted by Crippen LogP contribution is -2.52. The van der Waals surface area contributed by atoms with Crippen molar-refractivity contribution in [1.82, 2.24) is 0 Å². The molecule has 0 amide bonds. The fourth-order valence-corrected chi connectivity index (χ4v) is 3.00. The molecule has 2 unspecified atom stereocenters. The monoisotopic (exact) mass is 352 g/mol. The molecule has 0 saturated heterocycles. The number of carbonyl (C=O) groups is 2. The van der Waals surface area contributed by atoms with Crippen molar-refractivity contribution in [2.24, 2.45) is 5.41 Å². The fourth-order valence-electron chi connectivity index (χ4n) is 3.00. The second-order valence-electron chi connectivity index (χ2n) is 6.34. The molecule has 0 spiro atoms. The van der Waals surface area contributed by atoms with Crippen molar-refractivity contribution >= 4 is 17.8 Å². The van der Waals surface area contributed by atoms with Gasteiger partial charge in [0, 0.05) is 6.42 Å². The molecule has 2 rings (SSSR count). The highest BCUT2D eigenvalue weighted by Gasteiger charge is 2.50. The number of aromatic hydroxyl groups is 2. The van der Waals surface area contributed by atoms with E-state index in [0.717, 1.165) is 6.08 Å². The van der Waals surface area contributed by atoms with Crippen molar-refractivity contribution in [3.8, 4) is 11.5 Å². The molecule has 25 heavy (non-hydrogen) atoms. The molecule has 1 aliphatic carbocycles. The molecule has 1 aromatic rings. The summed E-state index contributed by atoms with van der Waals surface area (Å²) >= 11 is 0. The number of benzene rings is 1. The van der Waals surface area contributed by atoms with Gasteiger partial charge in [-0.2, -0.15) is 0 Å². The highest BCUT2D eigenvalue weighted by atomic mass is 16.4. The summed E-state index contributed by atoms with van der Waals surface area (Å²) < 4.78 is 0. The third-order valence-corrected chi connectivity index (χ3v) is 4.42. The van der Waals surface area contributed by atoms with Gasteiger partial charge in [-0.1, -0.05) is 12.1 Å². The van der Waals surface area contributed by atoms with E-state index in [4.69, 9.17) is 0 Å². The van der Waals surface area contributed by atoms with Gasteiger partial charge < -0.3 is 30.6 Å². The molecular formula is C17H20O8.